The fourth-order valence-corrected chi connectivity index (χ4v) is 1.77. The number of morpholine rings is 1. The van der Waals surface area contributed by atoms with E-state index in [1.165, 1.54) is 0 Å². The first-order valence-corrected chi connectivity index (χ1v) is 5.20. The summed E-state index contributed by atoms with van der Waals surface area (Å²) in [6.45, 7) is 4.41. The monoisotopic (exact) mass is 207 g/mol. The van der Waals surface area contributed by atoms with Crippen molar-refractivity contribution in [3.05, 3.63) is 23.8 Å². The zero-order valence-electron chi connectivity index (χ0n) is 8.78. The Morgan fingerprint density at radius 1 is 1.20 bits per heavy atom. The summed E-state index contributed by atoms with van der Waals surface area (Å²) in [5, 5.41) is 0. The highest BCUT2D eigenvalue weighted by atomic mass is 16.5. The summed E-state index contributed by atoms with van der Waals surface area (Å²) in [4.78, 5) is 2.33. The summed E-state index contributed by atoms with van der Waals surface area (Å²) in [6.07, 6.45) is 0. The Labute approximate surface area is 89.8 Å². The summed E-state index contributed by atoms with van der Waals surface area (Å²) in [5.74, 6) is 0. The van der Waals surface area contributed by atoms with E-state index in [4.69, 9.17) is 16.2 Å². The molecule has 4 N–H and O–H groups in total. The number of hydrogen-bond acceptors (Lipinski definition) is 4. The molecule has 0 aromatic heterocycles. The summed E-state index contributed by atoms with van der Waals surface area (Å²) in [5.41, 5.74) is 14.2. The van der Waals surface area contributed by atoms with Gasteiger partial charge in [-0.2, -0.15) is 0 Å². The highest BCUT2D eigenvalue weighted by Crippen LogP contribution is 2.21. The van der Waals surface area contributed by atoms with E-state index in [0.29, 0.717) is 11.4 Å². The molecular formula is C11H17N3O. The van der Waals surface area contributed by atoms with Crippen molar-refractivity contribution in [2.24, 2.45) is 0 Å². The van der Waals surface area contributed by atoms with E-state index in [0.717, 1.165) is 38.4 Å². The first kappa shape index (κ1) is 10.3. The van der Waals surface area contributed by atoms with Crippen LogP contribution >= 0.6 is 0 Å². The Morgan fingerprint density at radius 2 is 1.93 bits per heavy atom. The lowest BCUT2D eigenvalue weighted by molar-refractivity contribution is 0.0343. The van der Waals surface area contributed by atoms with E-state index in [1.54, 1.807) is 0 Å². The molecule has 0 radical (unpaired) electrons. The standard InChI is InChI=1S/C11H17N3O/c12-10-3-1-2-9(11(10)13)8-14-4-6-15-7-5-14/h1-3H,4-8,12-13H2. The van der Waals surface area contributed by atoms with Crippen molar-refractivity contribution < 1.29 is 4.74 Å². The maximum absolute atomic E-state index is 5.92. The van der Waals surface area contributed by atoms with Crippen LogP contribution in [0.15, 0.2) is 18.2 Å². The third-order valence-electron chi connectivity index (χ3n) is 2.73. The van der Waals surface area contributed by atoms with Crippen molar-refractivity contribution in [1.82, 2.24) is 4.90 Å². The number of anilines is 2. The molecular weight excluding hydrogens is 190 g/mol. The van der Waals surface area contributed by atoms with Crippen LogP contribution in [0, 0.1) is 0 Å². The molecule has 4 nitrogen and oxygen atoms in total. The Balaban J connectivity index is 2.06. The smallest absolute Gasteiger partial charge is 0.0594 e. The molecule has 1 saturated heterocycles. The molecule has 1 heterocycles. The van der Waals surface area contributed by atoms with Crippen molar-refractivity contribution >= 4 is 11.4 Å². The molecule has 0 bridgehead atoms. The number of nitrogens with two attached hydrogens (primary N) is 2. The van der Waals surface area contributed by atoms with Gasteiger partial charge in [-0.25, -0.2) is 0 Å². The molecule has 0 aliphatic carbocycles. The molecule has 15 heavy (non-hydrogen) atoms. The second-order valence-electron chi connectivity index (χ2n) is 3.81. The highest BCUT2D eigenvalue weighted by molar-refractivity contribution is 5.67. The van der Waals surface area contributed by atoms with Crippen molar-refractivity contribution in [3.63, 3.8) is 0 Å². The van der Waals surface area contributed by atoms with Gasteiger partial charge in [0.1, 0.15) is 0 Å². The van der Waals surface area contributed by atoms with Crippen LogP contribution < -0.4 is 11.5 Å². The van der Waals surface area contributed by atoms with Crippen molar-refractivity contribution in [2.45, 2.75) is 6.54 Å². The van der Waals surface area contributed by atoms with Crippen molar-refractivity contribution in [3.8, 4) is 0 Å². The first-order valence-electron chi connectivity index (χ1n) is 5.20. The largest absolute Gasteiger partial charge is 0.397 e. The van der Waals surface area contributed by atoms with Crippen molar-refractivity contribution in [2.75, 3.05) is 37.8 Å². The molecule has 0 atom stereocenters. The Morgan fingerprint density at radius 3 is 2.67 bits per heavy atom. The van der Waals surface area contributed by atoms with E-state index >= 15 is 0 Å². The Kier molecular flexibility index (Phi) is 3.08. The van der Waals surface area contributed by atoms with Crippen LogP contribution in [0.4, 0.5) is 11.4 Å². The summed E-state index contributed by atoms with van der Waals surface area (Å²) >= 11 is 0. The van der Waals surface area contributed by atoms with Gasteiger partial charge in [0.2, 0.25) is 0 Å². The van der Waals surface area contributed by atoms with Gasteiger partial charge in [0, 0.05) is 19.6 Å². The van der Waals surface area contributed by atoms with Gasteiger partial charge in [0.15, 0.2) is 0 Å². The topological polar surface area (TPSA) is 64.5 Å². The fraction of sp³-hybridized carbons (Fsp3) is 0.455. The SMILES string of the molecule is Nc1cccc(CN2CCOCC2)c1N. The molecule has 82 valence electrons. The van der Waals surface area contributed by atoms with Crippen LogP contribution in [-0.2, 0) is 11.3 Å². The van der Waals surface area contributed by atoms with Crippen molar-refractivity contribution in [1.29, 1.82) is 0 Å². The highest BCUT2D eigenvalue weighted by Gasteiger charge is 2.12. The second-order valence-corrected chi connectivity index (χ2v) is 3.81. The van der Waals surface area contributed by atoms with E-state index in [-0.39, 0.29) is 0 Å². The number of nitrogens with zero attached hydrogens (tertiary/aromatic N) is 1. The predicted octanol–water partition coefficient (Wildman–Crippen LogP) is 0.683. The van der Waals surface area contributed by atoms with Gasteiger partial charge in [0.25, 0.3) is 0 Å². The lowest BCUT2D eigenvalue weighted by Gasteiger charge is -2.27. The van der Waals surface area contributed by atoms with Gasteiger partial charge < -0.3 is 16.2 Å². The van der Waals surface area contributed by atoms with Crippen LogP contribution in [-0.4, -0.2) is 31.2 Å². The van der Waals surface area contributed by atoms with Gasteiger partial charge in [0.05, 0.1) is 24.6 Å². The zero-order valence-corrected chi connectivity index (χ0v) is 8.78. The minimum Gasteiger partial charge on any atom is -0.397 e. The lowest BCUT2D eigenvalue weighted by atomic mass is 10.1. The molecule has 0 amide bonds. The number of ether oxygens (including phenoxy) is 1. The predicted molar refractivity (Wildman–Crippen MR) is 61.4 cm³/mol. The molecule has 1 aromatic carbocycles. The zero-order chi connectivity index (χ0) is 10.7. The number of para-hydroxylation sites is 1. The maximum atomic E-state index is 5.92. The molecule has 0 unspecified atom stereocenters. The summed E-state index contributed by atoms with van der Waals surface area (Å²) in [7, 11) is 0. The van der Waals surface area contributed by atoms with Crippen LogP contribution in [0.5, 0.6) is 0 Å². The number of benzene rings is 1. The van der Waals surface area contributed by atoms with E-state index in [1.807, 2.05) is 18.2 Å². The third-order valence-corrected chi connectivity index (χ3v) is 2.73. The van der Waals surface area contributed by atoms with E-state index in [2.05, 4.69) is 4.90 Å². The molecule has 4 heteroatoms. The summed E-state index contributed by atoms with van der Waals surface area (Å²) < 4.78 is 5.29. The van der Waals surface area contributed by atoms with Gasteiger partial charge in [-0.05, 0) is 11.6 Å². The third kappa shape index (κ3) is 2.40. The summed E-state index contributed by atoms with van der Waals surface area (Å²) in [6, 6.07) is 5.81. The van der Waals surface area contributed by atoms with E-state index in [9.17, 15) is 0 Å². The van der Waals surface area contributed by atoms with Crippen LogP contribution in [0.25, 0.3) is 0 Å². The number of rotatable bonds is 2. The lowest BCUT2D eigenvalue weighted by Crippen LogP contribution is -2.35. The Hall–Kier alpha value is -1.26. The first-order chi connectivity index (χ1) is 7.27. The van der Waals surface area contributed by atoms with Gasteiger partial charge in [-0.15, -0.1) is 0 Å². The van der Waals surface area contributed by atoms with Crippen LogP contribution in [0.3, 0.4) is 0 Å². The molecule has 2 rings (SSSR count). The fourth-order valence-electron chi connectivity index (χ4n) is 1.77. The van der Waals surface area contributed by atoms with E-state index < -0.39 is 0 Å². The minimum absolute atomic E-state index is 0.667. The molecule has 1 aliphatic rings. The molecule has 1 aliphatic heterocycles. The average molecular weight is 207 g/mol. The quantitative estimate of drug-likeness (QED) is 0.700. The molecule has 1 aromatic rings. The van der Waals surface area contributed by atoms with Gasteiger partial charge in [-0.3, -0.25) is 4.90 Å². The maximum Gasteiger partial charge on any atom is 0.0594 e. The van der Waals surface area contributed by atoms with Crippen LogP contribution in [0.1, 0.15) is 5.56 Å². The number of nitrogen functional groups attached to an aromatic ring is 2. The molecule has 0 saturated carbocycles. The van der Waals surface area contributed by atoms with Crippen LogP contribution in [0.2, 0.25) is 0 Å². The minimum atomic E-state index is 0.667. The molecule has 1 fully saturated rings. The molecule has 0 spiro atoms. The second kappa shape index (κ2) is 4.51. The average Bonchev–Trinajstić information content (AvgIpc) is 2.26. The number of hydrogen-bond donors (Lipinski definition) is 2. The normalized spacial score (nSPS) is 17.9. The van der Waals surface area contributed by atoms with Gasteiger partial charge in [-0.1, -0.05) is 12.1 Å². The van der Waals surface area contributed by atoms with Gasteiger partial charge >= 0.3 is 0 Å². The Bertz CT molecular complexity index is 335.